The van der Waals surface area contributed by atoms with E-state index in [0.717, 1.165) is 5.56 Å². The molecule has 1 aliphatic heterocycles. The summed E-state index contributed by atoms with van der Waals surface area (Å²) in [5.74, 6) is -0.153. The number of hydrogen-bond donors (Lipinski definition) is 1. The van der Waals surface area contributed by atoms with Crippen LogP contribution in [0.25, 0.3) is 5.57 Å². The molecule has 2 rings (SSSR count). The number of nitrogens with zero attached hydrogens (tertiary/aromatic N) is 1. The van der Waals surface area contributed by atoms with Crippen LogP contribution < -0.4 is 5.43 Å². The van der Waals surface area contributed by atoms with E-state index in [0.29, 0.717) is 17.2 Å². The molecule has 0 fully saturated rings. The Morgan fingerprint density at radius 3 is 2.60 bits per heavy atom. The average molecular weight is 223 g/mol. The van der Waals surface area contributed by atoms with E-state index in [1.807, 2.05) is 30.3 Å². The molecule has 3 nitrogen and oxygen atoms in total. The first-order valence-corrected chi connectivity index (χ1v) is 5.02. The summed E-state index contributed by atoms with van der Waals surface area (Å²) in [6, 6.07) is 9.44. The van der Waals surface area contributed by atoms with Crippen molar-refractivity contribution in [1.29, 1.82) is 0 Å². The normalized spacial score (nSPS) is 17.9. The number of hydrazine groups is 1. The topological polar surface area (TPSA) is 32.3 Å². The Bertz CT molecular complexity index is 414. The van der Waals surface area contributed by atoms with Gasteiger partial charge in [-0.1, -0.05) is 41.9 Å². The zero-order chi connectivity index (χ0) is 10.8. The van der Waals surface area contributed by atoms with Gasteiger partial charge in [-0.05, 0) is 5.56 Å². The van der Waals surface area contributed by atoms with E-state index in [-0.39, 0.29) is 5.91 Å². The van der Waals surface area contributed by atoms with Crippen LogP contribution in [-0.4, -0.2) is 24.5 Å². The molecule has 0 saturated carbocycles. The molecule has 1 aliphatic rings. The predicted octanol–water partition coefficient (Wildman–Crippen LogP) is 1.61. The third kappa shape index (κ3) is 2.03. The van der Waals surface area contributed by atoms with E-state index in [1.54, 1.807) is 12.1 Å². The van der Waals surface area contributed by atoms with Crippen molar-refractivity contribution in [1.82, 2.24) is 10.4 Å². The van der Waals surface area contributed by atoms with Gasteiger partial charge in [0.2, 0.25) is 0 Å². The highest BCUT2D eigenvalue weighted by molar-refractivity contribution is 6.39. The minimum atomic E-state index is -0.153. The highest BCUT2D eigenvalue weighted by Crippen LogP contribution is 2.24. The maximum atomic E-state index is 11.7. The lowest BCUT2D eigenvalue weighted by Gasteiger charge is -2.25. The predicted molar refractivity (Wildman–Crippen MR) is 60.0 cm³/mol. The summed E-state index contributed by atoms with van der Waals surface area (Å²) in [4.78, 5) is 11.7. The van der Waals surface area contributed by atoms with Gasteiger partial charge in [-0.25, -0.2) is 5.01 Å². The fourth-order valence-electron chi connectivity index (χ4n) is 1.57. The summed E-state index contributed by atoms with van der Waals surface area (Å²) >= 11 is 6.08. The molecule has 0 spiro atoms. The number of nitrogens with one attached hydrogen (secondary N) is 1. The van der Waals surface area contributed by atoms with Crippen LogP contribution in [-0.2, 0) is 4.79 Å². The Balaban J connectivity index is 2.44. The molecular weight excluding hydrogens is 212 g/mol. The van der Waals surface area contributed by atoms with Crippen LogP contribution >= 0.6 is 11.6 Å². The molecule has 0 bridgehead atoms. The summed E-state index contributed by atoms with van der Waals surface area (Å²) in [6.07, 6.45) is 0. The van der Waals surface area contributed by atoms with Gasteiger partial charge in [0.05, 0.1) is 12.1 Å². The summed E-state index contributed by atoms with van der Waals surface area (Å²) in [6.45, 7) is 0.539. The van der Waals surface area contributed by atoms with Crippen molar-refractivity contribution in [2.75, 3.05) is 13.6 Å². The molecule has 1 N–H and O–H groups in total. The van der Waals surface area contributed by atoms with Crippen LogP contribution in [0.2, 0.25) is 0 Å². The Hall–Kier alpha value is -1.32. The second-order valence-electron chi connectivity index (χ2n) is 3.44. The number of carbonyl (C=O) groups is 1. The second-order valence-corrected chi connectivity index (χ2v) is 3.90. The molecule has 1 aromatic carbocycles. The Morgan fingerprint density at radius 2 is 2.00 bits per heavy atom. The lowest BCUT2D eigenvalue weighted by molar-refractivity contribution is -0.120. The van der Waals surface area contributed by atoms with Crippen LogP contribution in [0.5, 0.6) is 0 Å². The third-order valence-corrected chi connectivity index (χ3v) is 2.54. The maximum absolute atomic E-state index is 11.7. The standard InChI is InChI=1S/C11H11ClN2O/c1-14-7-9(12)10(11(15)13-14)8-5-3-2-4-6-8/h2-6H,7H2,1H3,(H,13,15). The third-order valence-electron chi connectivity index (χ3n) is 2.23. The molecule has 1 aromatic rings. The Labute approximate surface area is 93.3 Å². The highest BCUT2D eigenvalue weighted by Gasteiger charge is 2.23. The van der Waals surface area contributed by atoms with E-state index in [1.165, 1.54) is 0 Å². The lowest BCUT2D eigenvalue weighted by Crippen LogP contribution is -2.44. The summed E-state index contributed by atoms with van der Waals surface area (Å²) in [5.41, 5.74) is 4.13. The van der Waals surface area contributed by atoms with Crippen LogP contribution in [0.15, 0.2) is 35.4 Å². The van der Waals surface area contributed by atoms with Crippen molar-refractivity contribution in [3.05, 3.63) is 40.9 Å². The van der Waals surface area contributed by atoms with Gasteiger partial charge in [0.15, 0.2) is 0 Å². The molecule has 1 heterocycles. The van der Waals surface area contributed by atoms with Gasteiger partial charge in [0, 0.05) is 12.1 Å². The second kappa shape index (κ2) is 4.04. The van der Waals surface area contributed by atoms with Gasteiger partial charge in [-0.15, -0.1) is 0 Å². The largest absolute Gasteiger partial charge is 0.285 e. The van der Waals surface area contributed by atoms with Gasteiger partial charge in [-0.3, -0.25) is 10.2 Å². The van der Waals surface area contributed by atoms with Crippen molar-refractivity contribution in [2.45, 2.75) is 0 Å². The van der Waals surface area contributed by atoms with Crippen molar-refractivity contribution in [3.8, 4) is 0 Å². The fraction of sp³-hybridized carbons (Fsp3) is 0.182. The minimum absolute atomic E-state index is 0.153. The zero-order valence-electron chi connectivity index (χ0n) is 8.33. The Kier molecular flexibility index (Phi) is 2.75. The SMILES string of the molecule is CN1CC(Cl)=C(c2ccccc2)C(=O)N1. The molecule has 0 aliphatic carbocycles. The van der Waals surface area contributed by atoms with Gasteiger partial charge < -0.3 is 0 Å². The molecule has 15 heavy (non-hydrogen) atoms. The van der Waals surface area contributed by atoms with Crippen molar-refractivity contribution < 1.29 is 4.79 Å². The molecule has 0 atom stereocenters. The van der Waals surface area contributed by atoms with Crippen LogP contribution in [0, 0.1) is 0 Å². The zero-order valence-corrected chi connectivity index (χ0v) is 9.08. The molecule has 0 aromatic heterocycles. The number of rotatable bonds is 1. The number of likely N-dealkylation sites (N-methyl/N-ethyl adjacent to an activating group) is 1. The number of amides is 1. The maximum Gasteiger partial charge on any atom is 0.267 e. The molecule has 4 heteroatoms. The van der Waals surface area contributed by atoms with E-state index in [4.69, 9.17) is 11.6 Å². The average Bonchev–Trinajstić information content (AvgIpc) is 2.17. The van der Waals surface area contributed by atoms with Gasteiger partial charge in [0.1, 0.15) is 0 Å². The van der Waals surface area contributed by atoms with Crippen molar-refractivity contribution >= 4 is 23.1 Å². The molecule has 78 valence electrons. The lowest BCUT2D eigenvalue weighted by atomic mass is 10.0. The minimum Gasteiger partial charge on any atom is -0.285 e. The number of benzene rings is 1. The van der Waals surface area contributed by atoms with Crippen LogP contribution in [0.3, 0.4) is 0 Å². The quantitative estimate of drug-likeness (QED) is 0.783. The number of carbonyl (C=O) groups excluding carboxylic acids is 1. The molecule has 0 radical (unpaired) electrons. The highest BCUT2D eigenvalue weighted by atomic mass is 35.5. The monoisotopic (exact) mass is 222 g/mol. The number of halogens is 1. The first-order valence-electron chi connectivity index (χ1n) is 4.64. The number of hydrogen-bond acceptors (Lipinski definition) is 2. The van der Waals surface area contributed by atoms with Crippen molar-refractivity contribution in [3.63, 3.8) is 0 Å². The van der Waals surface area contributed by atoms with Crippen LogP contribution in [0.4, 0.5) is 0 Å². The van der Waals surface area contributed by atoms with Gasteiger partial charge in [-0.2, -0.15) is 0 Å². The van der Waals surface area contributed by atoms with Gasteiger partial charge >= 0.3 is 0 Å². The summed E-state index contributed by atoms with van der Waals surface area (Å²) in [5, 5.41) is 2.24. The smallest absolute Gasteiger partial charge is 0.267 e. The van der Waals surface area contributed by atoms with Crippen LogP contribution in [0.1, 0.15) is 5.56 Å². The van der Waals surface area contributed by atoms with E-state index in [2.05, 4.69) is 5.43 Å². The first kappa shape index (κ1) is 10.2. The van der Waals surface area contributed by atoms with E-state index >= 15 is 0 Å². The van der Waals surface area contributed by atoms with E-state index in [9.17, 15) is 4.79 Å². The van der Waals surface area contributed by atoms with E-state index < -0.39 is 0 Å². The summed E-state index contributed by atoms with van der Waals surface area (Å²) < 4.78 is 0. The summed E-state index contributed by atoms with van der Waals surface area (Å²) in [7, 11) is 1.78. The molecule has 0 unspecified atom stereocenters. The molecular formula is C11H11ClN2O. The molecule has 1 amide bonds. The molecule has 0 saturated heterocycles. The van der Waals surface area contributed by atoms with Crippen molar-refractivity contribution in [2.24, 2.45) is 0 Å². The Morgan fingerprint density at radius 1 is 1.33 bits per heavy atom. The van der Waals surface area contributed by atoms with Gasteiger partial charge in [0.25, 0.3) is 5.91 Å². The first-order chi connectivity index (χ1) is 7.18. The fourth-order valence-corrected chi connectivity index (χ4v) is 1.95.